The summed E-state index contributed by atoms with van der Waals surface area (Å²) in [5, 5.41) is 0. The lowest BCUT2D eigenvalue weighted by Gasteiger charge is -2.09. The average Bonchev–Trinajstić information content (AvgIpc) is 2.64. The number of aryl methyl sites for hydroxylation is 1. The van der Waals surface area contributed by atoms with Crippen molar-refractivity contribution in [3.05, 3.63) is 53.1 Å². The molecular formula is C14H14FNO2. The number of hydrogen-bond acceptors (Lipinski definition) is 2. The van der Waals surface area contributed by atoms with Crippen molar-refractivity contribution in [1.82, 2.24) is 4.57 Å². The van der Waals surface area contributed by atoms with E-state index in [4.69, 9.17) is 4.74 Å². The highest BCUT2D eigenvalue weighted by Gasteiger charge is 2.16. The van der Waals surface area contributed by atoms with E-state index in [1.54, 1.807) is 18.2 Å². The van der Waals surface area contributed by atoms with Crippen LogP contribution in [0.15, 0.2) is 30.3 Å². The molecule has 0 atom stereocenters. The molecule has 0 unspecified atom stereocenters. The molecule has 0 amide bonds. The van der Waals surface area contributed by atoms with Gasteiger partial charge in [-0.2, -0.15) is 0 Å². The van der Waals surface area contributed by atoms with Crippen molar-refractivity contribution in [1.29, 1.82) is 0 Å². The molecule has 1 aromatic carbocycles. The first-order valence-electron chi connectivity index (χ1n) is 5.58. The van der Waals surface area contributed by atoms with Gasteiger partial charge in [-0.15, -0.1) is 0 Å². The van der Waals surface area contributed by atoms with Crippen molar-refractivity contribution in [3.63, 3.8) is 0 Å². The maximum atomic E-state index is 13.2. The smallest absolute Gasteiger partial charge is 0.339 e. The zero-order valence-electron chi connectivity index (χ0n) is 10.5. The van der Waals surface area contributed by atoms with E-state index in [0.717, 1.165) is 11.4 Å². The van der Waals surface area contributed by atoms with E-state index < -0.39 is 0 Å². The molecule has 0 fully saturated rings. The fraction of sp³-hybridized carbons (Fsp3) is 0.214. The molecule has 3 nitrogen and oxygen atoms in total. The van der Waals surface area contributed by atoms with Crippen LogP contribution in [0.5, 0.6) is 0 Å². The SMILES string of the molecule is COC(=O)c1cc(C)n(-c2cccc(F)c2)c1C. The van der Waals surface area contributed by atoms with Gasteiger partial charge in [0.15, 0.2) is 0 Å². The van der Waals surface area contributed by atoms with Crippen LogP contribution in [0.25, 0.3) is 5.69 Å². The van der Waals surface area contributed by atoms with E-state index in [0.29, 0.717) is 11.3 Å². The normalized spacial score (nSPS) is 10.4. The Kier molecular flexibility index (Phi) is 3.19. The second-order valence-corrected chi connectivity index (χ2v) is 4.09. The quantitative estimate of drug-likeness (QED) is 0.764. The molecule has 2 aromatic rings. The molecular weight excluding hydrogens is 233 g/mol. The summed E-state index contributed by atoms with van der Waals surface area (Å²) >= 11 is 0. The first-order chi connectivity index (χ1) is 8.54. The Hall–Kier alpha value is -2.10. The number of nitrogens with zero attached hydrogens (tertiary/aromatic N) is 1. The Morgan fingerprint density at radius 2 is 2.00 bits per heavy atom. The van der Waals surface area contributed by atoms with Gasteiger partial charge in [-0.1, -0.05) is 6.07 Å². The van der Waals surface area contributed by atoms with Crippen molar-refractivity contribution in [2.45, 2.75) is 13.8 Å². The highest BCUT2D eigenvalue weighted by Crippen LogP contribution is 2.21. The number of aromatic nitrogens is 1. The van der Waals surface area contributed by atoms with Gasteiger partial charge in [-0.05, 0) is 38.1 Å². The molecule has 4 heteroatoms. The zero-order valence-corrected chi connectivity index (χ0v) is 10.5. The van der Waals surface area contributed by atoms with Gasteiger partial charge in [-0.3, -0.25) is 0 Å². The predicted octanol–water partition coefficient (Wildman–Crippen LogP) is 3.02. The molecule has 0 radical (unpaired) electrons. The van der Waals surface area contributed by atoms with Crippen molar-refractivity contribution >= 4 is 5.97 Å². The van der Waals surface area contributed by atoms with Gasteiger partial charge < -0.3 is 9.30 Å². The molecule has 0 N–H and O–H groups in total. The van der Waals surface area contributed by atoms with E-state index in [2.05, 4.69) is 0 Å². The van der Waals surface area contributed by atoms with Crippen LogP contribution in [0.2, 0.25) is 0 Å². The minimum absolute atomic E-state index is 0.306. The summed E-state index contributed by atoms with van der Waals surface area (Å²) in [6.45, 7) is 3.68. The maximum Gasteiger partial charge on any atom is 0.339 e. The van der Waals surface area contributed by atoms with E-state index in [1.165, 1.54) is 19.2 Å². The lowest BCUT2D eigenvalue weighted by molar-refractivity contribution is 0.0600. The molecule has 0 saturated carbocycles. The Morgan fingerprint density at radius 1 is 1.28 bits per heavy atom. The second kappa shape index (κ2) is 4.64. The number of halogens is 1. The third-order valence-electron chi connectivity index (χ3n) is 2.90. The molecule has 0 aliphatic carbocycles. The van der Waals surface area contributed by atoms with E-state index in [-0.39, 0.29) is 11.8 Å². The highest BCUT2D eigenvalue weighted by atomic mass is 19.1. The van der Waals surface area contributed by atoms with Crippen LogP contribution in [0.1, 0.15) is 21.7 Å². The van der Waals surface area contributed by atoms with Crippen LogP contribution in [0, 0.1) is 19.7 Å². The van der Waals surface area contributed by atoms with Crippen molar-refractivity contribution < 1.29 is 13.9 Å². The van der Waals surface area contributed by atoms with Gasteiger partial charge in [0.1, 0.15) is 5.82 Å². The summed E-state index contributed by atoms with van der Waals surface area (Å²) in [4.78, 5) is 11.6. The minimum atomic E-state index is -0.384. The van der Waals surface area contributed by atoms with Crippen LogP contribution in [0.4, 0.5) is 4.39 Å². The number of hydrogen-bond donors (Lipinski definition) is 0. The molecule has 0 spiro atoms. The second-order valence-electron chi connectivity index (χ2n) is 4.09. The average molecular weight is 247 g/mol. The number of benzene rings is 1. The third-order valence-corrected chi connectivity index (χ3v) is 2.90. The number of esters is 1. The Bertz CT molecular complexity index is 602. The minimum Gasteiger partial charge on any atom is -0.465 e. The molecule has 1 aromatic heterocycles. The maximum absolute atomic E-state index is 13.2. The standard InChI is InChI=1S/C14H14FNO2/c1-9-7-13(14(17)18-3)10(2)16(9)12-6-4-5-11(15)8-12/h4-8H,1-3H3. The molecule has 2 rings (SSSR count). The number of carbonyl (C=O) groups is 1. The first-order valence-corrected chi connectivity index (χ1v) is 5.58. The van der Waals surface area contributed by atoms with Crippen molar-refractivity contribution in [2.75, 3.05) is 7.11 Å². The molecule has 0 aliphatic heterocycles. The highest BCUT2D eigenvalue weighted by molar-refractivity contribution is 5.91. The lowest BCUT2D eigenvalue weighted by Crippen LogP contribution is -2.04. The lowest BCUT2D eigenvalue weighted by atomic mass is 10.2. The van der Waals surface area contributed by atoms with Crippen LogP contribution < -0.4 is 0 Å². The summed E-state index contributed by atoms with van der Waals surface area (Å²) in [6.07, 6.45) is 0. The Morgan fingerprint density at radius 3 is 2.61 bits per heavy atom. The first kappa shape index (κ1) is 12.4. The number of carbonyl (C=O) groups excluding carboxylic acids is 1. The zero-order chi connectivity index (χ0) is 13.3. The van der Waals surface area contributed by atoms with E-state index in [1.807, 2.05) is 18.4 Å². The van der Waals surface area contributed by atoms with Gasteiger partial charge >= 0.3 is 5.97 Å². The van der Waals surface area contributed by atoms with Crippen LogP contribution in [-0.4, -0.2) is 17.6 Å². The van der Waals surface area contributed by atoms with Gasteiger partial charge in [0.25, 0.3) is 0 Å². The van der Waals surface area contributed by atoms with E-state index >= 15 is 0 Å². The summed E-state index contributed by atoms with van der Waals surface area (Å²) in [7, 11) is 1.34. The van der Waals surface area contributed by atoms with Crippen LogP contribution in [0.3, 0.4) is 0 Å². The summed E-state index contributed by atoms with van der Waals surface area (Å²) in [6, 6.07) is 8.00. The Labute approximate surface area is 105 Å². The van der Waals surface area contributed by atoms with E-state index in [9.17, 15) is 9.18 Å². The molecule has 0 saturated heterocycles. The monoisotopic (exact) mass is 247 g/mol. The van der Waals surface area contributed by atoms with Gasteiger partial charge in [-0.25, -0.2) is 9.18 Å². The summed E-state index contributed by atoms with van der Waals surface area (Å²) < 4.78 is 19.8. The summed E-state index contributed by atoms with van der Waals surface area (Å²) in [5.74, 6) is -0.689. The van der Waals surface area contributed by atoms with Gasteiger partial charge in [0.05, 0.1) is 12.7 Å². The number of methoxy groups -OCH3 is 1. The fourth-order valence-electron chi connectivity index (χ4n) is 2.09. The molecule has 94 valence electrons. The fourth-order valence-corrected chi connectivity index (χ4v) is 2.09. The largest absolute Gasteiger partial charge is 0.465 e. The predicted molar refractivity (Wildman–Crippen MR) is 66.5 cm³/mol. The number of ether oxygens (including phenoxy) is 1. The van der Waals surface area contributed by atoms with Gasteiger partial charge in [0.2, 0.25) is 0 Å². The summed E-state index contributed by atoms with van der Waals surface area (Å²) in [5.41, 5.74) is 2.79. The van der Waals surface area contributed by atoms with Crippen molar-refractivity contribution in [3.8, 4) is 5.69 Å². The molecule has 0 bridgehead atoms. The molecule has 0 aliphatic rings. The molecule has 1 heterocycles. The van der Waals surface area contributed by atoms with Crippen LogP contribution in [-0.2, 0) is 4.74 Å². The van der Waals surface area contributed by atoms with Crippen LogP contribution >= 0.6 is 0 Å². The topological polar surface area (TPSA) is 31.2 Å². The van der Waals surface area contributed by atoms with Gasteiger partial charge in [0, 0.05) is 17.1 Å². The number of rotatable bonds is 2. The third kappa shape index (κ3) is 2.01. The van der Waals surface area contributed by atoms with Crippen molar-refractivity contribution in [2.24, 2.45) is 0 Å². The Balaban J connectivity index is 2.59. The molecule has 18 heavy (non-hydrogen) atoms.